The second-order valence-electron chi connectivity index (χ2n) is 5.15. The molecule has 2 rings (SSSR count). The largest absolute Gasteiger partial charge is 0.309 e. The van der Waals surface area contributed by atoms with E-state index in [-0.39, 0.29) is 0 Å². The molecular formula is C14H21BrN2. The third-order valence-corrected chi connectivity index (χ3v) is 3.96. The Morgan fingerprint density at radius 3 is 2.53 bits per heavy atom. The molecule has 0 bridgehead atoms. The van der Waals surface area contributed by atoms with Crippen molar-refractivity contribution >= 4 is 15.9 Å². The van der Waals surface area contributed by atoms with Crippen LogP contribution in [0, 0.1) is 0 Å². The third-order valence-electron chi connectivity index (χ3n) is 3.46. The summed E-state index contributed by atoms with van der Waals surface area (Å²) in [5.74, 6) is 0. The molecule has 0 radical (unpaired) electrons. The summed E-state index contributed by atoms with van der Waals surface area (Å²) in [6.45, 7) is 9.06. The molecule has 0 saturated carbocycles. The standard InChI is InChI=1S/C14H21BrN2/c1-10-8-17(9-11(2)16-10)12(3)13-5-4-6-14(15)7-13/h4-7,10-12,16H,8-9H2,1-3H3. The molecule has 3 unspecified atom stereocenters. The highest BCUT2D eigenvalue weighted by Gasteiger charge is 2.25. The van der Waals surface area contributed by atoms with E-state index in [0.29, 0.717) is 18.1 Å². The Balaban J connectivity index is 2.11. The van der Waals surface area contributed by atoms with E-state index in [2.05, 4.69) is 71.2 Å². The minimum atomic E-state index is 0.486. The van der Waals surface area contributed by atoms with Crippen LogP contribution in [0.5, 0.6) is 0 Å². The van der Waals surface area contributed by atoms with Gasteiger partial charge in [-0.05, 0) is 38.5 Å². The van der Waals surface area contributed by atoms with E-state index in [0.717, 1.165) is 17.6 Å². The zero-order valence-corrected chi connectivity index (χ0v) is 12.4. The van der Waals surface area contributed by atoms with Crippen molar-refractivity contribution in [1.29, 1.82) is 0 Å². The molecule has 3 atom stereocenters. The first kappa shape index (κ1) is 13.1. The lowest BCUT2D eigenvalue weighted by molar-refractivity contribution is 0.131. The van der Waals surface area contributed by atoms with Crippen LogP contribution in [-0.2, 0) is 0 Å². The number of nitrogens with one attached hydrogen (secondary N) is 1. The van der Waals surface area contributed by atoms with E-state index in [1.54, 1.807) is 0 Å². The van der Waals surface area contributed by atoms with Crippen LogP contribution in [0.2, 0.25) is 0 Å². The highest BCUT2D eigenvalue weighted by molar-refractivity contribution is 9.10. The zero-order chi connectivity index (χ0) is 12.4. The van der Waals surface area contributed by atoms with Crippen molar-refractivity contribution in [1.82, 2.24) is 10.2 Å². The van der Waals surface area contributed by atoms with Crippen molar-refractivity contribution in [2.75, 3.05) is 13.1 Å². The molecule has 0 amide bonds. The number of rotatable bonds is 2. The van der Waals surface area contributed by atoms with Gasteiger partial charge in [0, 0.05) is 35.7 Å². The van der Waals surface area contributed by atoms with Gasteiger partial charge in [0.1, 0.15) is 0 Å². The summed E-state index contributed by atoms with van der Waals surface area (Å²) < 4.78 is 1.16. The highest BCUT2D eigenvalue weighted by Crippen LogP contribution is 2.24. The molecule has 1 heterocycles. The number of nitrogens with zero attached hydrogens (tertiary/aromatic N) is 1. The first-order valence-electron chi connectivity index (χ1n) is 6.32. The second kappa shape index (κ2) is 5.51. The molecule has 0 aromatic heterocycles. The molecule has 2 nitrogen and oxygen atoms in total. The Labute approximate surface area is 113 Å². The molecule has 1 aliphatic rings. The van der Waals surface area contributed by atoms with Crippen molar-refractivity contribution in [3.05, 3.63) is 34.3 Å². The van der Waals surface area contributed by atoms with Gasteiger partial charge >= 0.3 is 0 Å². The van der Waals surface area contributed by atoms with E-state index >= 15 is 0 Å². The Hall–Kier alpha value is -0.380. The minimum absolute atomic E-state index is 0.486. The number of halogens is 1. The molecule has 1 aromatic rings. The summed E-state index contributed by atoms with van der Waals surface area (Å²) in [5.41, 5.74) is 1.39. The SMILES string of the molecule is CC1CN(C(C)c2cccc(Br)c2)CC(C)N1. The van der Waals surface area contributed by atoms with Gasteiger partial charge in [0.15, 0.2) is 0 Å². The van der Waals surface area contributed by atoms with Gasteiger partial charge < -0.3 is 5.32 Å². The minimum Gasteiger partial charge on any atom is -0.309 e. The number of benzene rings is 1. The van der Waals surface area contributed by atoms with Crippen LogP contribution >= 0.6 is 15.9 Å². The average Bonchev–Trinajstić information content (AvgIpc) is 2.26. The Morgan fingerprint density at radius 2 is 1.94 bits per heavy atom. The molecule has 17 heavy (non-hydrogen) atoms. The second-order valence-corrected chi connectivity index (χ2v) is 6.07. The first-order valence-corrected chi connectivity index (χ1v) is 7.11. The number of hydrogen-bond donors (Lipinski definition) is 1. The molecule has 3 heteroatoms. The molecule has 94 valence electrons. The van der Waals surface area contributed by atoms with Crippen LogP contribution in [0.3, 0.4) is 0 Å². The van der Waals surface area contributed by atoms with Crippen LogP contribution in [0.15, 0.2) is 28.7 Å². The zero-order valence-electron chi connectivity index (χ0n) is 10.8. The van der Waals surface area contributed by atoms with Crippen LogP contribution in [-0.4, -0.2) is 30.1 Å². The van der Waals surface area contributed by atoms with Crippen molar-refractivity contribution < 1.29 is 0 Å². The smallest absolute Gasteiger partial charge is 0.0321 e. The maximum atomic E-state index is 3.58. The Kier molecular flexibility index (Phi) is 4.23. The van der Waals surface area contributed by atoms with Crippen molar-refractivity contribution in [3.63, 3.8) is 0 Å². The number of hydrogen-bond acceptors (Lipinski definition) is 2. The fourth-order valence-corrected chi connectivity index (χ4v) is 3.08. The van der Waals surface area contributed by atoms with Gasteiger partial charge in [-0.25, -0.2) is 0 Å². The predicted octanol–water partition coefficient (Wildman–Crippen LogP) is 3.19. The van der Waals surface area contributed by atoms with E-state index in [9.17, 15) is 0 Å². The molecule has 0 aliphatic carbocycles. The molecular weight excluding hydrogens is 276 g/mol. The molecule has 1 saturated heterocycles. The molecule has 0 spiro atoms. The summed E-state index contributed by atoms with van der Waals surface area (Å²) in [4.78, 5) is 2.56. The van der Waals surface area contributed by atoms with Gasteiger partial charge in [0.25, 0.3) is 0 Å². The van der Waals surface area contributed by atoms with E-state index in [1.165, 1.54) is 5.56 Å². The lowest BCUT2D eigenvalue weighted by Gasteiger charge is -2.39. The maximum Gasteiger partial charge on any atom is 0.0321 e. The maximum absolute atomic E-state index is 3.58. The fraction of sp³-hybridized carbons (Fsp3) is 0.571. The van der Waals surface area contributed by atoms with Crippen molar-refractivity contribution in [2.45, 2.75) is 38.9 Å². The predicted molar refractivity (Wildman–Crippen MR) is 76.2 cm³/mol. The molecule has 1 aromatic carbocycles. The van der Waals surface area contributed by atoms with Crippen molar-refractivity contribution in [2.24, 2.45) is 0 Å². The highest BCUT2D eigenvalue weighted by atomic mass is 79.9. The Bertz CT molecular complexity index is 370. The molecule has 1 N–H and O–H groups in total. The summed E-state index contributed by atoms with van der Waals surface area (Å²) in [6.07, 6.45) is 0. The summed E-state index contributed by atoms with van der Waals surface area (Å²) in [7, 11) is 0. The van der Waals surface area contributed by atoms with Crippen LogP contribution in [0.1, 0.15) is 32.4 Å². The average molecular weight is 297 g/mol. The topological polar surface area (TPSA) is 15.3 Å². The van der Waals surface area contributed by atoms with E-state index in [1.807, 2.05) is 0 Å². The summed E-state index contributed by atoms with van der Waals surface area (Å²) in [5, 5.41) is 3.58. The Morgan fingerprint density at radius 1 is 1.29 bits per heavy atom. The summed E-state index contributed by atoms with van der Waals surface area (Å²) in [6, 6.07) is 10.3. The fourth-order valence-electron chi connectivity index (χ4n) is 2.66. The first-order chi connectivity index (χ1) is 8.06. The lowest BCUT2D eigenvalue weighted by Crippen LogP contribution is -2.54. The number of piperazine rings is 1. The van der Waals surface area contributed by atoms with Gasteiger partial charge in [-0.1, -0.05) is 28.1 Å². The lowest BCUT2D eigenvalue weighted by atomic mass is 10.0. The van der Waals surface area contributed by atoms with Crippen LogP contribution in [0.4, 0.5) is 0 Å². The van der Waals surface area contributed by atoms with Gasteiger partial charge in [-0.2, -0.15) is 0 Å². The van der Waals surface area contributed by atoms with E-state index in [4.69, 9.17) is 0 Å². The summed E-state index contributed by atoms with van der Waals surface area (Å²) >= 11 is 3.55. The van der Waals surface area contributed by atoms with Crippen LogP contribution < -0.4 is 5.32 Å². The van der Waals surface area contributed by atoms with Gasteiger partial charge in [-0.3, -0.25) is 4.90 Å². The molecule has 1 aliphatic heterocycles. The molecule has 1 fully saturated rings. The van der Waals surface area contributed by atoms with Gasteiger partial charge in [-0.15, -0.1) is 0 Å². The van der Waals surface area contributed by atoms with Crippen LogP contribution in [0.25, 0.3) is 0 Å². The van der Waals surface area contributed by atoms with Gasteiger partial charge in [0.05, 0.1) is 0 Å². The monoisotopic (exact) mass is 296 g/mol. The third kappa shape index (κ3) is 3.30. The van der Waals surface area contributed by atoms with E-state index < -0.39 is 0 Å². The van der Waals surface area contributed by atoms with Gasteiger partial charge in [0.2, 0.25) is 0 Å². The quantitative estimate of drug-likeness (QED) is 0.902. The van der Waals surface area contributed by atoms with Crippen molar-refractivity contribution in [3.8, 4) is 0 Å². The normalized spacial score (nSPS) is 28.0.